The van der Waals surface area contributed by atoms with Gasteiger partial charge in [0, 0.05) is 11.6 Å². The Hall–Kier alpha value is -1.73. The molecule has 9 heteroatoms. The SMILES string of the molecule is Cc1ccc(Cl)c(NC(=O)CSc2nc3ccc(Cl)cc3c(=O)n2CC(C)C)c1Cl. The number of amides is 1. The molecule has 0 saturated heterocycles. The van der Waals surface area contributed by atoms with Crippen LogP contribution in [-0.2, 0) is 11.3 Å². The van der Waals surface area contributed by atoms with Gasteiger partial charge in [-0.1, -0.05) is 66.5 Å². The summed E-state index contributed by atoms with van der Waals surface area (Å²) in [7, 11) is 0. The maximum atomic E-state index is 13.0. The van der Waals surface area contributed by atoms with E-state index in [9.17, 15) is 9.59 Å². The van der Waals surface area contributed by atoms with Gasteiger partial charge in [0.15, 0.2) is 5.16 Å². The number of nitrogens with one attached hydrogen (secondary N) is 1. The first-order valence-corrected chi connectivity index (χ1v) is 11.4. The third kappa shape index (κ3) is 5.11. The average Bonchev–Trinajstić information content (AvgIpc) is 2.69. The smallest absolute Gasteiger partial charge is 0.262 e. The first-order chi connectivity index (χ1) is 14.2. The summed E-state index contributed by atoms with van der Waals surface area (Å²) in [6.07, 6.45) is 0. The van der Waals surface area contributed by atoms with Crippen LogP contribution in [0.15, 0.2) is 40.3 Å². The Kier molecular flexibility index (Phi) is 7.34. The lowest BCUT2D eigenvalue weighted by atomic mass is 10.2. The van der Waals surface area contributed by atoms with Crippen molar-refractivity contribution in [1.29, 1.82) is 0 Å². The molecule has 0 atom stereocenters. The van der Waals surface area contributed by atoms with Crippen LogP contribution in [0.1, 0.15) is 19.4 Å². The first kappa shape index (κ1) is 22.9. The van der Waals surface area contributed by atoms with Crippen LogP contribution in [-0.4, -0.2) is 21.2 Å². The molecular weight excluding hydrogens is 465 g/mol. The van der Waals surface area contributed by atoms with Crippen LogP contribution in [0.3, 0.4) is 0 Å². The van der Waals surface area contributed by atoms with Gasteiger partial charge < -0.3 is 5.32 Å². The molecule has 1 N–H and O–H groups in total. The summed E-state index contributed by atoms with van der Waals surface area (Å²) >= 11 is 19.7. The van der Waals surface area contributed by atoms with Crippen LogP contribution in [0.5, 0.6) is 0 Å². The van der Waals surface area contributed by atoms with Gasteiger partial charge in [0.2, 0.25) is 5.91 Å². The molecule has 0 saturated carbocycles. The second-order valence-corrected chi connectivity index (χ2v) is 9.42. The maximum absolute atomic E-state index is 13.0. The van der Waals surface area contributed by atoms with Crippen molar-refractivity contribution in [3.8, 4) is 0 Å². The molecule has 1 aromatic heterocycles. The van der Waals surface area contributed by atoms with E-state index >= 15 is 0 Å². The Morgan fingerprint density at radius 2 is 1.93 bits per heavy atom. The van der Waals surface area contributed by atoms with Gasteiger partial charge >= 0.3 is 0 Å². The van der Waals surface area contributed by atoms with Crippen LogP contribution < -0.4 is 10.9 Å². The number of benzene rings is 2. The minimum atomic E-state index is -0.295. The number of anilines is 1. The van der Waals surface area contributed by atoms with Gasteiger partial charge in [-0.25, -0.2) is 4.98 Å². The summed E-state index contributed by atoms with van der Waals surface area (Å²) in [5, 5.41) is 4.92. The quantitative estimate of drug-likeness (QED) is 0.341. The average molecular weight is 485 g/mol. The number of rotatable bonds is 6. The molecule has 1 heterocycles. The van der Waals surface area contributed by atoms with Gasteiger partial charge in [-0.05, 0) is 42.7 Å². The molecule has 0 radical (unpaired) electrons. The number of aromatic nitrogens is 2. The van der Waals surface area contributed by atoms with Crippen molar-refractivity contribution in [3.63, 3.8) is 0 Å². The molecule has 0 bridgehead atoms. The number of thioether (sulfide) groups is 1. The molecule has 3 rings (SSSR count). The topological polar surface area (TPSA) is 64.0 Å². The number of nitrogens with zero attached hydrogens (tertiary/aromatic N) is 2. The van der Waals surface area contributed by atoms with Gasteiger partial charge in [-0.2, -0.15) is 0 Å². The van der Waals surface area contributed by atoms with Crippen molar-refractivity contribution in [1.82, 2.24) is 9.55 Å². The number of halogens is 3. The lowest BCUT2D eigenvalue weighted by Crippen LogP contribution is -2.26. The summed E-state index contributed by atoms with van der Waals surface area (Å²) in [4.78, 5) is 30.2. The summed E-state index contributed by atoms with van der Waals surface area (Å²) in [5.41, 5.74) is 1.55. The zero-order chi connectivity index (χ0) is 22.0. The largest absolute Gasteiger partial charge is 0.323 e. The highest BCUT2D eigenvalue weighted by Crippen LogP contribution is 2.33. The highest BCUT2D eigenvalue weighted by molar-refractivity contribution is 7.99. The van der Waals surface area contributed by atoms with Crippen molar-refractivity contribution in [2.24, 2.45) is 5.92 Å². The van der Waals surface area contributed by atoms with E-state index in [1.54, 1.807) is 34.9 Å². The third-order valence-electron chi connectivity index (χ3n) is 4.31. The molecule has 30 heavy (non-hydrogen) atoms. The van der Waals surface area contributed by atoms with Gasteiger partial charge in [0.25, 0.3) is 5.56 Å². The van der Waals surface area contributed by atoms with E-state index in [1.807, 2.05) is 20.8 Å². The van der Waals surface area contributed by atoms with Crippen molar-refractivity contribution >= 4 is 69.1 Å². The van der Waals surface area contributed by atoms with Gasteiger partial charge in [-0.3, -0.25) is 14.2 Å². The van der Waals surface area contributed by atoms with E-state index in [1.165, 1.54) is 11.8 Å². The highest BCUT2D eigenvalue weighted by Gasteiger charge is 2.16. The van der Waals surface area contributed by atoms with E-state index in [4.69, 9.17) is 34.8 Å². The molecule has 1 amide bonds. The van der Waals surface area contributed by atoms with E-state index in [0.717, 1.165) is 5.56 Å². The van der Waals surface area contributed by atoms with Crippen LogP contribution in [0.25, 0.3) is 10.9 Å². The normalized spacial score (nSPS) is 11.3. The molecule has 0 aliphatic rings. The Bertz CT molecular complexity index is 1180. The van der Waals surface area contributed by atoms with E-state index in [-0.39, 0.29) is 23.1 Å². The first-order valence-electron chi connectivity index (χ1n) is 9.24. The van der Waals surface area contributed by atoms with Crippen molar-refractivity contribution in [2.75, 3.05) is 11.1 Å². The summed E-state index contributed by atoms with van der Waals surface area (Å²) in [6.45, 7) is 6.34. The Labute approximate surface area is 193 Å². The fourth-order valence-electron chi connectivity index (χ4n) is 2.89. The maximum Gasteiger partial charge on any atom is 0.262 e. The number of hydrogen-bond donors (Lipinski definition) is 1. The molecule has 0 aliphatic carbocycles. The Balaban J connectivity index is 1.88. The monoisotopic (exact) mass is 483 g/mol. The second-order valence-electron chi connectivity index (χ2n) is 7.26. The molecule has 0 unspecified atom stereocenters. The summed E-state index contributed by atoms with van der Waals surface area (Å²) < 4.78 is 1.59. The van der Waals surface area contributed by atoms with Crippen molar-refractivity contribution < 1.29 is 4.79 Å². The number of fused-ring (bicyclic) bond motifs is 1. The minimum Gasteiger partial charge on any atom is -0.323 e. The van der Waals surface area contributed by atoms with Gasteiger partial charge in [0.05, 0.1) is 32.4 Å². The molecule has 3 aromatic rings. The third-order valence-corrected chi connectivity index (χ3v) is 6.32. The molecule has 2 aromatic carbocycles. The Morgan fingerprint density at radius 1 is 1.20 bits per heavy atom. The fourth-order valence-corrected chi connectivity index (χ4v) is 4.33. The van der Waals surface area contributed by atoms with Crippen LogP contribution >= 0.6 is 46.6 Å². The van der Waals surface area contributed by atoms with Crippen molar-refractivity contribution in [2.45, 2.75) is 32.5 Å². The van der Waals surface area contributed by atoms with E-state index in [2.05, 4.69) is 10.3 Å². The standard InChI is InChI=1S/C21H20Cl3N3O2S/c1-11(2)9-27-20(29)14-8-13(22)5-7-16(14)25-21(27)30-10-17(28)26-19-15(23)6-4-12(3)18(19)24/h4-8,11H,9-10H2,1-3H3,(H,26,28). The van der Waals surface area contributed by atoms with Gasteiger partial charge in [0.1, 0.15) is 0 Å². The minimum absolute atomic E-state index is 0.0459. The van der Waals surface area contributed by atoms with Crippen molar-refractivity contribution in [3.05, 3.63) is 61.3 Å². The molecule has 0 spiro atoms. The van der Waals surface area contributed by atoms with E-state index in [0.29, 0.717) is 43.4 Å². The number of carbonyl (C=O) groups excluding carboxylic acids is 1. The molecule has 158 valence electrons. The number of aryl methyl sites for hydroxylation is 1. The lowest BCUT2D eigenvalue weighted by Gasteiger charge is -2.15. The summed E-state index contributed by atoms with van der Waals surface area (Å²) in [6, 6.07) is 8.47. The zero-order valence-corrected chi connectivity index (χ0v) is 19.7. The zero-order valence-electron chi connectivity index (χ0n) is 16.6. The molecule has 0 fully saturated rings. The lowest BCUT2D eigenvalue weighted by molar-refractivity contribution is -0.113. The van der Waals surface area contributed by atoms with Crippen LogP contribution in [0, 0.1) is 12.8 Å². The fraction of sp³-hybridized carbons (Fsp3) is 0.286. The number of hydrogen-bond acceptors (Lipinski definition) is 4. The van der Waals surface area contributed by atoms with Crippen LogP contribution in [0.4, 0.5) is 5.69 Å². The van der Waals surface area contributed by atoms with E-state index < -0.39 is 0 Å². The van der Waals surface area contributed by atoms with Gasteiger partial charge in [-0.15, -0.1) is 0 Å². The molecular formula is C21H20Cl3N3O2S. The second kappa shape index (κ2) is 9.60. The number of carbonyl (C=O) groups is 1. The molecule has 0 aliphatic heterocycles. The highest BCUT2D eigenvalue weighted by atomic mass is 35.5. The van der Waals surface area contributed by atoms with Crippen LogP contribution in [0.2, 0.25) is 15.1 Å². The molecule has 5 nitrogen and oxygen atoms in total. The predicted octanol–water partition coefficient (Wildman–Crippen LogP) is 6.05. The summed E-state index contributed by atoms with van der Waals surface area (Å²) in [5.74, 6) is -0.0281. The Morgan fingerprint density at radius 3 is 2.63 bits per heavy atom. The predicted molar refractivity (Wildman–Crippen MR) is 126 cm³/mol.